The number of nitrogens with zero attached hydrogens (tertiary/aromatic N) is 2. The molecule has 16 heavy (non-hydrogen) atoms. The summed E-state index contributed by atoms with van der Waals surface area (Å²) in [6.07, 6.45) is 0. The molecule has 0 amide bonds. The van der Waals surface area contributed by atoms with Crippen molar-refractivity contribution >= 4 is 0 Å². The summed E-state index contributed by atoms with van der Waals surface area (Å²) in [6, 6.07) is 8.40. The van der Waals surface area contributed by atoms with Gasteiger partial charge in [0.05, 0.1) is 12.6 Å². The molecule has 0 unspecified atom stereocenters. The number of rotatable bonds is 5. The minimum absolute atomic E-state index is 0.140. The van der Waals surface area contributed by atoms with E-state index < -0.39 is 6.61 Å². The van der Waals surface area contributed by atoms with Crippen molar-refractivity contribution in [3.63, 3.8) is 0 Å². The molecule has 0 radical (unpaired) electrons. The van der Waals surface area contributed by atoms with Gasteiger partial charge in [-0.15, -0.1) is 0 Å². The predicted molar refractivity (Wildman–Crippen MR) is 55.0 cm³/mol. The average Bonchev–Trinajstić information content (AvgIpc) is 2.20. The van der Waals surface area contributed by atoms with Gasteiger partial charge in [-0.1, -0.05) is 12.1 Å². The van der Waals surface area contributed by atoms with E-state index in [4.69, 9.17) is 5.26 Å². The second-order valence-electron chi connectivity index (χ2n) is 3.35. The number of alkyl halides is 2. The highest BCUT2D eigenvalue weighted by Gasteiger charge is 2.04. The standard InChI is InChI=1S/C11H12F2N2O/c1-15(7-6-14)8-9-2-4-10(5-3-9)16-11(12)13/h2-5,11H,7-8H2,1H3. The van der Waals surface area contributed by atoms with E-state index in [9.17, 15) is 8.78 Å². The minimum Gasteiger partial charge on any atom is -0.435 e. The first-order valence-corrected chi connectivity index (χ1v) is 4.71. The van der Waals surface area contributed by atoms with Crippen LogP contribution in [0, 0.1) is 11.3 Å². The molecule has 0 aliphatic carbocycles. The van der Waals surface area contributed by atoms with Gasteiger partial charge in [0, 0.05) is 6.54 Å². The second kappa shape index (κ2) is 6.03. The van der Waals surface area contributed by atoms with Crippen molar-refractivity contribution < 1.29 is 13.5 Å². The lowest BCUT2D eigenvalue weighted by molar-refractivity contribution is -0.0498. The maximum Gasteiger partial charge on any atom is 0.387 e. The molecule has 0 aromatic heterocycles. The Hall–Kier alpha value is -1.67. The lowest BCUT2D eigenvalue weighted by Crippen LogP contribution is -2.17. The molecule has 1 aromatic rings. The highest BCUT2D eigenvalue weighted by Crippen LogP contribution is 2.15. The molecule has 0 N–H and O–H groups in total. The molecule has 1 rings (SSSR count). The van der Waals surface area contributed by atoms with Gasteiger partial charge in [-0.2, -0.15) is 14.0 Å². The van der Waals surface area contributed by atoms with E-state index >= 15 is 0 Å². The third-order valence-electron chi connectivity index (χ3n) is 1.94. The van der Waals surface area contributed by atoms with E-state index in [1.165, 1.54) is 12.1 Å². The molecule has 0 heterocycles. The van der Waals surface area contributed by atoms with Crippen molar-refractivity contribution in [3.05, 3.63) is 29.8 Å². The fourth-order valence-electron chi connectivity index (χ4n) is 1.26. The summed E-state index contributed by atoms with van der Waals surface area (Å²) >= 11 is 0. The molecule has 0 spiro atoms. The molecule has 86 valence electrons. The molecule has 0 saturated carbocycles. The molecule has 5 heteroatoms. The van der Waals surface area contributed by atoms with Crippen LogP contribution in [0.5, 0.6) is 5.75 Å². The van der Waals surface area contributed by atoms with Gasteiger partial charge < -0.3 is 4.74 Å². The molecule has 0 saturated heterocycles. The Morgan fingerprint density at radius 3 is 2.50 bits per heavy atom. The highest BCUT2D eigenvalue weighted by atomic mass is 19.3. The van der Waals surface area contributed by atoms with Crippen molar-refractivity contribution in [1.82, 2.24) is 4.90 Å². The van der Waals surface area contributed by atoms with Gasteiger partial charge in [0.15, 0.2) is 0 Å². The van der Waals surface area contributed by atoms with Crippen molar-refractivity contribution in [1.29, 1.82) is 5.26 Å². The van der Waals surface area contributed by atoms with Gasteiger partial charge in [-0.05, 0) is 24.7 Å². The normalized spacial score (nSPS) is 10.5. The highest BCUT2D eigenvalue weighted by molar-refractivity contribution is 5.27. The maximum absolute atomic E-state index is 11.9. The number of benzene rings is 1. The SMILES string of the molecule is CN(CC#N)Cc1ccc(OC(F)F)cc1. The Labute approximate surface area is 92.9 Å². The van der Waals surface area contributed by atoms with Crippen LogP contribution >= 0.6 is 0 Å². The summed E-state index contributed by atoms with van der Waals surface area (Å²) in [5.74, 6) is 0.140. The van der Waals surface area contributed by atoms with Crippen LogP contribution in [0.15, 0.2) is 24.3 Å². The number of halogens is 2. The average molecular weight is 226 g/mol. The van der Waals surface area contributed by atoms with Gasteiger partial charge in [0.25, 0.3) is 0 Å². The largest absolute Gasteiger partial charge is 0.435 e. The van der Waals surface area contributed by atoms with Crippen LogP contribution in [0.3, 0.4) is 0 Å². The van der Waals surface area contributed by atoms with Crippen LogP contribution in [-0.4, -0.2) is 25.1 Å². The third kappa shape index (κ3) is 4.24. The molecular weight excluding hydrogens is 214 g/mol. The zero-order valence-electron chi connectivity index (χ0n) is 8.86. The lowest BCUT2D eigenvalue weighted by atomic mass is 10.2. The monoisotopic (exact) mass is 226 g/mol. The molecule has 0 fully saturated rings. The first-order chi connectivity index (χ1) is 7.61. The first-order valence-electron chi connectivity index (χ1n) is 4.71. The molecule has 3 nitrogen and oxygen atoms in total. The molecule has 0 atom stereocenters. The third-order valence-corrected chi connectivity index (χ3v) is 1.94. The summed E-state index contributed by atoms with van der Waals surface area (Å²) in [4.78, 5) is 1.82. The Balaban J connectivity index is 2.55. The van der Waals surface area contributed by atoms with E-state index in [1.807, 2.05) is 18.0 Å². The molecule has 1 aromatic carbocycles. The first kappa shape index (κ1) is 12.4. The van der Waals surface area contributed by atoms with E-state index in [-0.39, 0.29) is 5.75 Å². The minimum atomic E-state index is -2.80. The summed E-state index contributed by atoms with van der Waals surface area (Å²) in [6.45, 7) is -1.87. The van der Waals surface area contributed by atoms with Crippen LogP contribution in [0.25, 0.3) is 0 Å². The molecular formula is C11H12F2N2O. The number of ether oxygens (including phenoxy) is 1. The van der Waals surface area contributed by atoms with Gasteiger partial charge in [0.1, 0.15) is 5.75 Å². The fourth-order valence-corrected chi connectivity index (χ4v) is 1.26. The van der Waals surface area contributed by atoms with Crippen molar-refractivity contribution in [2.24, 2.45) is 0 Å². The van der Waals surface area contributed by atoms with Gasteiger partial charge >= 0.3 is 6.61 Å². The Morgan fingerprint density at radius 1 is 1.38 bits per heavy atom. The number of nitriles is 1. The van der Waals surface area contributed by atoms with Crippen molar-refractivity contribution in [2.45, 2.75) is 13.2 Å². The number of hydrogen-bond acceptors (Lipinski definition) is 3. The van der Waals surface area contributed by atoms with Gasteiger partial charge in [-0.3, -0.25) is 4.90 Å². The fraction of sp³-hybridized carbons (Fsp3) is 0.364. The zero-order chi connectivity index (χ0) is 12.0. The van der Waals surface area contributed by atoms with E-state index in [2.05, 4.69) is 4.74 Å². The zero-order valence-corrected chi connectivity index (χ0v) is 8.86. The van der Waals surface area contributed by atoms with E-state index in [1.54, 1.807) is 12.1 Å². The Morgan fingerprint density at radius 2 is 2.00 bits per heavy atom. The van der Waals surface area contributed by atoms with Crippen molar-refractivity contribution in [2.75, 3.05) is 13.6 Å². The van der Waals surface area contributed by atoms with Gasteiger partial charge in [-0.25, -0.2) is 0 Å². The topological polar surface area (TPSA) is 36.3 Å². The van der Waals surface area contributed by atoms with Gasteiger partial charge in [0.2, 0.25) is 0 Å². The van der Waals surface area contributed by atoms with E-state index in [0.717, 1.165) is 5.56 Å². The predicted octanol–water partition coefficient (Wildman–Crippen LogP) is 2.24. The lowest BCUT2D eigenvalue weighted by Gasteiger charge is -2.12. The summed E-state index contributed by atoms with van der Waals surface area (Å²) in [5, 5.41) is 8.46. The summed E-state index contributed by atoms with van der Waals surface area (Å²) in [7, 11) is 1.81. The Kier molecular flexibility index (Phi) is 4.67. The maximum atomic E-state index is 11.9. The molecule has 0 aliphatic rings. The van der Waals surface area contributed by atoms with Crippen LogP contribution in [-0.2, 0) is 6.54 Å². The van der Waals surface area contributed by atoms with E-state index in [0.29, 0.717) is 13.1 Å². The van der Waals surface area contributed by atoms with Crippen LogP contribution in [0.1, 0.15) is 5.56 Å². The molecule has 0 bridgehead atoms. The quantitative estimate of drug-likeness (QED) is 0.722. The summed E-state index contributed by atoms with van der Waals surface area (Å²) in [5.41, 5.74) is 0.944. The number of hydrogen-bond donors (Lipinski definition) is 0. The Bertz CT molecular complexity index is 359. The van der Waals surface area contributed by atoms with Crippen LogP contribution in [0.2, 0.25) is 0 Å². The second-order valence-corrected chi connectivity index (χ2v) is 3.35. The van der Waals surface area contributed by atoms with Crippen LogP contribution < -0.4 is 4.74 Å². The smallest absolute Gasteiger partial charge is 0.387 e. The van der Waals surface area contributed by atoms with Crippen LogP contribution in [0.4, 0.5) is 8.78 Å². The van der Waals surface area contributed by atoms with Crippen molar-refractivity contribution in [3.8, 4) is 11.8 Å². The summed E-state index contributed by atoms with van der Waals surface area (Å²) < 4.78 is 28.0. The molecule has 0 aliphatic heterocycles.